The maximum atomic E-state index is 12.7. The minimum Gasteiger partial charge on any atom is -0.493 e. The lowest BCUT2D eigenvalue weighted by atomic mass is 9.98. The Bertz CT molecular complexity index is 737. The van der Waals surface area contributed by atoms with Gasteiger partial charge in [0.2, 0.25) is 0 Å². The maximum Gasteiger partial charge on any atom is 0.253 e. The molecule has 0 aliphatic carbocycles. The SMILES string of the molecule is N#Cc1cccc(C(=O)N2CCCC(COc3ccccc3)C2)c1. The topological polar surface area (TPSA) is 53.3 Å². The molecule has 1 unspecified atom stereocenters. The van der Waals surface area contributed by atoms with E-state index in [1.807, 2.05) is 35.2 Å². The molecule has 2 aromatic rings. The zero-order valence-electron chi connectivity index (χ0n) is 13.5. The quantitative estimate of drug-likeness (QED) is 0.866. The third-order valence-electron chi connectivity index (χ3n) is 4.27. The predicted molar refractivity (Wildman–Crippen MR) is 91.7 cm³/mol. The number of amides is 1. The van der Waals surface area contributed by atoms with Crippen LogP contribution in [0, 0.1) is 17.2 Å². The number of carbonyl (C=O) groups excluding carboxylic acids is 1. The van der Waals surface area contributed by atoms with Crippen LogP contribution in [0.2, 0.25) is 0 Å². The lowest BCUT2D eigenvalue weighted by Gasteiger charge is -2.32. The van der Waals surface area contributed by atoms with Gasteiger partial charge < -0.3 is 9.64 Å². The van der Waals surface area contributed by atoms with Gasteiger partial charge in [-0.05, 0) is 43.2 Å². The first-order chi connectivity index (χ1) is 11.8. The molecule has 1 heterocycles. The molecule has 0 N–H and O–H groups in total. The van der Waals surface area contributed by atoms with E-state index in [0.29, 0.717) is 30.2 Å². The van der Waals surface area contributed by atoms with Crippen molar-refractivity contribution in [1.29, 1.82) is 5.26 Å². The van der Waals surface area contributed by atoms with Gasteiger partial charge in [0.25, 0.3) is 5.91 Å². The summed E-state index contributed by atoms with van der Waals surface area (Å²) in [7, 11) is 0. The lowest BCUT2D eigenvalue weighted by Crippen LogP contribution is -2.41. The summed E-state index contributed by atoms with van der Waals surface area (Å²) in [6.07, 6.45) is 2.04. The van der Waals surface area contributed by atoms with E-state index in [9.17, 15) is 4.79 Å². The van der Waals surface area contributed by atoms with Gasteiger partial charge in [0, 0.05) is 24.6 Å². The molecule has 4 heteroatoms. The molecular formula is C20H20N2O2. The van der Waals surface area contributed by atoms with E-state index >= 15 is 0 Å². The Balaban J connectivity index is 1.60. The summed E-state index contributed by atoms with van der Waals surface area (Å²) in [4.78, 5) is 14.5. The van der Waals surface area contributed by atoms with Crippen LogP contribution in [0.4, 0.5) is 0 Å². The zero-order valence-corrected chi connectivity index (χ0v) is 13.5. The maximum absolute atomic E-state index is 12.7. The lowest BCUT2D eigenvalue weighted by molar-refractivity contribution is 0.0633. The van der Waals surface area contributed by atoms with E-state index < -0.39 is 0 Å². The first kappa shape index (κ1) is 16.1. The van der Waals surface area contributed by atoms with Gasteiger partial charge in [-0.2, -0.15) is 5.26 Å². The predicted octanol–water partition coefficient (Wildman–Crippen LogP) is 3.49. The van der Waals surface area contributed by atoms with Crippen molar-refractivity contribution in [3.63, 3.8) is 0 Å². The van der Waals surface area contributed by atoms with Crippen molar-refractivity contribution in [3.05, 3.63) is 65.7 Å². The molecule has 1 fully saturated rings. The standard InChI is InChI=1S/C20H20N2O2/c21-13-16-6-4-8-18(12-16)20(23)22-11-5-7-17(14-22)15-24-19-9-2-1-3-10-19/h1-4,6,8-10,12,17H,5,7,11,14-15H2. The van der Waals surface area contributed by atoms with E-state index in [4.69, 9.17) is 10.00 Å². The van der Waals surface area contributed by atoms with Crippen LogP contribution < -0.4 is 4.74 Å². The van der Waals surface area contributed by atoms with Gasteiger partial charge in [0.1, 0.15) is 5.75 Å². The molecule has 2 aromatic carbocycles. The van der Waals surface area contributed by atoms with E-state index in [0.717, 1.165) is 25.1 Å². The van der Waals surface area contributed by atoms with Crippen molar-refractivity contribution >= 4 is 5.91 Å². The highest BCUT2D eigenvalue weighted by Gasteiger charge is 2.25. The summed E-state index contributed by atoms with van der Waals surface area (Å²) in [5, 5.41) is 8.98. The van der Waals surface area contributed by atoms with Gasteiger partial charge in [0.05, 0.1) is 18.2 Å². The Morgan fingerprint density at radius 1 is 1.21 bits per heavy atom. The number of para-hydroxylation sites is 1. The second-order valence-corrected chi connectivity index (χ2v) is 6.08. The molecule has 24 heavy (non-hydrogen) atoms. The van der Waals surface area contributed by atoms with Crippen molar-refractivity contribution in [2.24, 2.45) is 5.92 Å². The van der Waals surface area contributed by atoms with Crippen molar-refractivity contribution in [1.82, 2.24) is 4.90 Å². The first-order valence-corrected chi connectivity index (χ1v) is 8.23. The average Bonchev–Trinajstić information content (AvgIpc) is 2.67. The van der Waals surface area contributed by atoms with Crippen LogP contribution >= 0.6 is 0 Å². The largest absolute Gasteiger partial charge is 0.493 e. The van der Waals surface area contributed by atoms with E-state index in [1.165, 1.54) is 0 Å². The normalized spacial score (nSPS) is 17.1. The molecule has 1 amide bonds. The number of ether oxygens (including phenoxy) is 1. The number of hydrogen-bond acceptors (Lipinski definition) is 3. The molecule has 0 radical (unpaired) electrons. The summed E-state index contributed by atoms with van der Waals surface area (Å²) < 4.78 is 5.83. The smallest absolute Gasteiger partial charge is 0.253 e. The fourth-order valence-corrected chi connectivity index (χ4v) is 3.02. The van der Waals surface area contributed by atoms with Gasteiger partial charge in [-0.15, -0.1) is 0 Å². The highest BCUT2D eigenvalue weighted by Crippen LogP contribution is 2.20. The van der Waals surface area contributed by atoms with Gasteiger partial charge in [-0.25, -0.2) is 0 Å². The van der Waals surface area contributed by atoms with Gasteiger partial charge in [-0.3, -0.25) is 4.79 Å². The van der Waals surface area contributed by atoms with Crippen molar-refractivity contribution in [2.45, 2.75) is 12.8 Å². The Hall–Kier alpha value is -2.80. The Morgan fingerprint density at radius 2 is 2.04 bits per heavy atom. The number of rotatable bonds is 4. The molecular weight excluding hydrogens is 300 g/mol. The average molecular weight is 320 g/mol. The third-order valence-corrected chi connectivity index (χ3v) is 4.27. The second kappa shape index (κ2) is 7.65. The minimum absolute atomic E-state index is 0.00323. The number of hydrogen-bond donors (Lipinski definition) is 0. The van der Waals surface area contributed by atoms with Gasteiger partial charge in [-0.1, -0.05) is 24.3 Å². The number of likely N-dealkylation sites (tertiary alicyclic amines) is 1. The van der Waals surface area contributed by atoms with Gasteiger partial charge in [0.15, 0.2) is 0 Å². The van der Waals surface area contributed by atoms with E-state index in [-0.39, 0.29) is 5.91 Å². The summed E-state index contributed by atoms with van der Waals surface area (Å²) in [6.45, 7) is 2.08. The molecule has 0 bridgehead atoms. The third kappa shape index (κ3) is 3.94. The van der Waals surface area contributed by atoms with Crippen LogP contribution in [0.25, 0.3) is 0 Å². The molecule has 122 valence electrons. The van der Waals surface area contributed by atoms with Crippen LogP contribution in [0.15, 0.2) is 54.6 Å². The second-order valence-electron chi connectivity index (χ2n) is 6.08. The molecule has 1 aliphatic heterocycles. The fourth-order valence-electron chi connectivity index (χ4n) is 3.02. The summed E-state index contributed by atoms with van der Waals surface area (Å²) in [6, 6.07) is 18.7. The van der Waals surface area contributed by atoms with Crippen molar-refractivity contribution < 1.29 is 9.53 Å². The van der Waals surface area contributed by atoms with Crippen LogP contribution in [0.3, 0.4) is 0 Å². The molecule has 1 atom stereocenters. The molecule has 4 nitrogen and oxygen atoms in total. The van der Waals surface area contributed by atoms with Crippen molar-refractivity contribution in [3.8, 4) is 11.8 Å². The Kier molecular flexibility index (Phi) is 5.12. The fraction of sp³-hybridized carbons (Fsp3) is 0.300. The number of benzene rings is 2. The number of piperidine rings is 1. The summed E-state index contributed by atoms with van der Waals surface area (Å²) in [5.41, 5.74) is 1.10. The summed E-state index contributed by atoms with van der Waals surface area (Å²) in [5.74, 6) is 1.20. The molecule has 0 saturated carbocycles. The van der Waals surface area contributed by atoms with Crippen LogP contribution in [-0.2, 0) is 0 Å². The highest BCUT2D eigenvalue weighted by atomic mass is 16.5. The molecule has 1 aliphatic rings. The Labute approximate surface area is 142 Å². The molecule has 0 spiro atoms. The van der Waals surface area contributed by atoms with Crippen LogP contribution in [-0.4, -0.2) is 30.5 Å². The first-order valence-electron chi connectivity index (χ1n) is 8.23. The molecule has 3 rings (SSSR count). The van der Waals surface area contributed by atoms with Crippen molar-refractivity contribution in [2.75, 3.05) is 19.7 Å². The summed E-state index contributed by atoms with van der Waals surface area (Å²) >= 11 is 0. The number of nitrogens with zero attached hydrogens (tertiary/aromatic N) is 2. The highest BCUT2D eigenvalue weighted by molar-refractivity contribution is 5.94. The monoisotopic (exact) mass is 320 g/mol. The zero-order chi connectivity index (χ0) is 16.8. The number of carbonyl (C=O) groups is 1. The van der Waals surface area contributed by atoms with Gasteiger partial charge >= 0.3 is 0 Å². The number of nitriles is 1. The molecule has 1 saturated heterocycles. The van der Waals surface area contributed by atoms with Crippen LogP contribution in [0.5, 0.6) is 5.75 Å². The minimum atomic E-state index is -0.00323. The Morgan fingerprint density at radius 3 is 2.83 bits per heavy atom. The van der Waals surface area contributed by atoms with E-state index in [2.05, 4.69) is 6.07 Å². The van der Waals surface area contributed by atoms with Crippen LogP contribution in [0.1, 0.15) is 28.8 Å². The van der Waals surface area contributed by atoms with E-state index in [1.54, 1.807) is 24.3 Å². The molecule has 0 aromatic heterocycles.